The van der Waals surface area contributed by atoms with Crippen molar-refractivity contribution in [2.45, 2.75) is 6.54 Å². The van der Waals surface area contributed by atoms with E-state index >= 15 is 0 Å². The molecule has 0 N–H and O–H groups in total. The molecule has 0 aliphatic heterocycles. The van der Waals surface area contributed by atoms with Crippen LogP contribution in [-0.4, -0.2) is 16.5 Å². The first-order valence-corrected chi connectivity index (χ1v) is 5.21. The van der Waals surface area contributed by atoms with Gasteiger partial charge in [-0.05, 0) is 12.1 Å². The molecule has 0 fully saturated rings. The van der Waals surface area contributed by atoms with Crippen LogP contribution in [0.5, 0.6) is 0 Å². The molecule has 0 spiro atoms. The summed E-state index contributed by atoms with van der Waals surface area (Å²) in [5, 5.41) is 0.294. The molecule has 1 aromatic carbocycles. The Morgan fingerprint density at radius 3 is 2.58 bits per heavy atom. The molecule has 2 rings (SSSR count). The van der Waals surface area contributed by atoms with Crippen molar-refractivity contribution in [3.05, 3.63) is 53.0 Å². The predicted octanol–water partition coefficient (Wildman–Crippen LogP) is -0.657. The Hall–Kier alpha value is -0.409. The number of benzene rings is 1. The molecule has 0 aliphatic rings. The van der Waals surface area contributed by atoms with E-state index in [4.69, 9.17) is 0 Å². The summed E-state index contributed by atoms with van der Waals surface area (Å²) in [4.78, 5) is 15.9. The van der Waals surface area contributed by atoms with E-state index < -0.39 is 24.6 Å². The number of rotatable bonds is 3. The van der Waals surface area contributed by atoms with Crippen molar-refractivity contribution in [3.63, 3.8) is 0 Å². The van der Waals surface area contributed by atoms with Gasteiger partial charge in [0.25, 0.3) is 5.56 Å². The summed E-state index contributed by atoms with van der Waals surface area (Å²) < 4.78 is 38.1. The first-order valence-electron chi connectivity index (χ1n) is 5.21. The van der Waals surface area contributed by atoms with Gasteiger partial charge in [0.2, 0.25) is 0 Å². The van der Waals surface area contributed by atoms with Crippen molar-refractivity contribution < 1.29 is 64.3 Å². The zero-order chi connectivity index (χ0) is 13.3. The van der Waals surface area contributed by atoms with Crippen LogP contribution in [-0.2, 0) is 6.54 Å². The summed E-state index contributed by atoms with van der Waals surface area (Å²) in [6.45, 7) is -2.77. The van der Waals surface area contributed by atoms with Gasteiger partial charge in [-0.1, -0.05) is 12.1 Å². The van der Waals surface area contributed by atoms with E-state index in [1.165, 1.54) is 6.07 Å². The van der Waals surface area contributed by atoms with Crippen LogP contribution in [0.25, 0.3) is 10.9 Å². The summed E-state index contributed by atoms with van der Waals surface area (Å²) >= 11 is 0. The Balaban J connectivity index is 0.00000180. The van der Waals surface area contributed by atoms with Crippen LogP contribution in [0.1, 0.15) is 0 Å². The fraction of sp³-hybridized carbons (Fsp3) is 0.0909. The second-order valence-electron chi connectivity index (χ2n) is 3.93. The maximum atomic E-state index is 12.4. The van der Waals surface area contributed by atoms with Gasteiger partial charge < -0.3 is 12.9 Å². The Labute approximate surface area is 150 Å². The van der Waals surface area contributed by atoms with E-state index in [9.17, 15) is 17.7 Å². The molecule has 0 saturated heterocycles. The third-order valence-electron chi connectivity index (χ3n) is 2.57. The van der Waals surface area contributed by atoms with Gasteiger partial charge in [0.05, 0.1) is 17.2 Å². The van der Waals surface area contributed by atoms with Crippen molar-refractivity contribution >= 4 is 17.9 Å². The molecule has 2 aromatic rings. The Morgan fingerprint density at radius 2 is 1.95 bits per heavy atom. The summed E-state index contributed by atoms with van der Waals surface area (Å²) in [5.41, 5.74) is -0.960. The van der Waals surface area contributed by atoms with E-state index in [1.54, 1.807) is 18.2 Å². The first kappa shape index (κ1) is 16.6. The molecule has 8 heteroatoms. The van der Waals surface area contributed by atoms with Crippen LogP contribution in [0.3, 0.4) is 0 Å². The number of hydrogen-bond acceptors (Lipinski definition) is 2. The Morgan fingerprint density at radius 1 is 1.32 bits per heavy atom. The van der Waals surface area contributed by atoms with Crippen LogP contribution < -0.4 is 56.9 Å². The summed E-state index contributed by atoms with van der Waals surface area (Å²) in [5.74, 6) is 0. The molecular weight excluding hydrogens is 283 g/mol. The van der Waals surface area contributed by atoms with Gasteiger partial charge in [-0.3, -0.25) is 9.36 Å². The van der Waals surface area contributed by atoms with Gasteiger partial charge in [0.1, 0.15) is 0 Å². The topological polar surface area (TPSA) is 34.9 Å². The van der Waals surface area contributed by atoms with E-state index in [-0.39, 0.29) is 51.4 Å². The molecule has 3 nitrogen and oxygen atoms in total. The Bertz CT molecular complexity index is 669. The second kappa shape index (κ2) is 6.36. The van der Waals surface area contributed by atoms with Crippen LogP contribution >= 0.6 is 0 Å². The maximum Gasteiger partial charge on any atom is 1.00 e. The molecule has 0 radical (unpaired) electrons. The number of halogens is 3. The molecule has 1 heterocycles. The molecule has 0 unspecified atom stereocenters. The number of para-hydroxylation sites is 1. The molecule has 0 atom stereocenters. The monoisotopic (exact) mass is 292 g/mol. The standard InChI is InChI=1S/C11H9BF3N2O.K/c1-8(12(13,14)15)6-17-7-16-10-5-3-2-4-9(10)11(17)18;/h2-5,7H,1,6H2;/q-1;+1. The van der Waals surface area contributed by atoms with Gasteiger partial charge in [0.15, 0.2) is 0 Å². The van der Waals surface area contributed by atoms with Crippen molar-refractivity contribution in [1.82, 2.24) is 9.55 Å². The van der Waals surface area contributed by atoms with E-state index in [0.717, 1.165) is 10.9 Å². The third kappa shape index (κ3) is 3.79. The van der Waals surface area contributed by atoms with Crippen molar-refractivity contribution in [2.75, 3.05) is 0 Å². The average Bonchev–Trinajstić information content (AvgIpc) is 2.32. The third-order valence-corrected chi connectivity index (χ3v) is 2.57. The zero-order valence-corrected chi connectivity index (χ0v) is 13.4. The zero-order valence-electron chi connectivity index (χ0n) is 10.3. The van der Waals surface area contributed by atoms with Crippen molar-refractivity contribution in [2.24, 2.45) is 0 Å². The minimum Gasteiger partial charge on any atom is -0.445 e. The summed E-state index contributed by atoms with van der Waals surface area (Å²) in [7, 11) is 0. The van der Waals surface area contributed by atoms with Crippen LogP contribution in [0, 0.1) is 0 Å². The van der Waals surface area contributed by atoms with Gasteiger partial charge >= 0.3 is 58.4 Å². The minimum absolute atomic E-state index is 0. The van der Waals surface area contributed by atoms with Gasteiger partial charge in [-0.15, -0.1) is 12.1 Å². The normalized spacial score (nSPS) is 11.1. The molecule has 19 heavy (non-hydrogen) atoms. The van der Waals surface area contributed by atoms with E-state index in [0.29, 0.717) is 10.9 Å². The van der Waals surface area contributed by atoms with Crippen molar-refractivity contribution in [3.8, 4) is 0 Å². The predicted molar refractivity (Wildman–Crippen MR) is 64.2 cm³/mol. The Kier molecular flexibility index (Phi) is 5.57. The first-order chi connectivity index (χ1) is 8.39. The number of aromatic nitrogens is 2. The van der Waals surface area contributed by atoms with E-state index in [2.05, 4.69) is 11.6 Å². The van der Waals surface area contributed by atoms with Crippen molar-refractivity contribution in [1.29, 1.82) is 0 Å². The number of allylic oxidation sites excluding steroid dienone is 1. The SMILES string of the molecule is C=C(Cn1cnc2ccccc2c1=O)[B-](F)(F)F.[K+]. The molecule has 0 amide bonds. The minimum atomic E-state index is -5.14. The molecule has 0 bridgehead atoms. The molecule has 0 aliphatic carbocycles. The second-order valence-corrected chi connectivity index (χ2v) is 3.93. The van der Waals surface area contributed by atoms with Crippen LogP contribution in [0.2, 0.25) is 0 Å². The van der Waals surface area contributed by atoms with Gasteiger partial charge in [0, 0.05) is 6.54 Å². The largest absolute Gasteiger partial charge is 1.00 e. The fourth-order valence-corrected chi connectivity index (χ4v) is 1.54. The maximum absolute atomic E-state index is 12.4. The fourth-order valence-electron chi connectivity index (χ4n) is 1.54. The molecular formula is C11H9BF3KN2O. The van der Waals surface area contributed by atoms with E-state index in [1.807, 2.05) is 0 Å². The number of hydrogen-bond donors (Lipinski definition) is 0. The smallest absolute Gasteiger partial charge is 0.445 e. The summed E-state index contributed by atoms with van der Waals surface area (Å²) in [6, 6.07) is 6.50. The average molecular weight is 292 g/mol. The molecule has 0 saturated carbocycles. The van der Waals surface area contributed by atoms with Crippen LogP contribution in [0.15, 0.2) is 47.4 Å². The quantitative estimate of drug-likeness (QED) is 0.704. The number of fused-ring (bicyclic) bond motifs is 1. The molecule has 94 valence electrons. The summed E-state index contributed by atoms with van der Waals surface area (Å²) in [6.07, 6.45) is 1.11. The van der Waals surface area contributed by atoms with Gasteiger partial charge in [-0.2, -0.15) is 0 Å². The van der Waals surface area contributed by atoms with Gasteiger partial charge in [-0.25, -0.2) is 4.98 Å². The molecule has 1 aromatic heterocycles. The number of nitrogens with zero attached hydrogens (tertiary/aromatic N) is 2. The van der Waals surface area contributed by atoms with Crippen LogP contribution in [0.4, 0.5) is 12.9 Å².